The zero-order chi connectivity index (χ0) is 24.2. The summed E-state index contributed by atoms with van der Waals surface area (Å²) in [5, 5.41) is 0.938. The van der Waals surface area contributed by atoms with Crippen molar-refractivity contribution in [2.24, 2.45) is 0 Å². The predicted molar refractivity (Wildman–Crippen MR) is 149 cm³/mol. The number of carbonyl (C=O) groups is 1. The van der Waals surface area contributed by atoms with E-state index in [0.717, 1.165) is 37.8 Å². The molecule has 0 saturated carbocycles. The van der Waals surface area contributed by atoms with E-state index in [-0.39, 0.29) is 17.5 Å². The van der Waals surface area contributed by atoms with Gasteiger partial charge in [-0.15, -0.1) is 11.3 Å². The third-order valence-electron chi connectivity index (χ3n) is 6.64. The highest BCUT2D eigenvalue weighted by Gasteiger charge is 2.24. The number of ketones is 1. The fourth-order valence-electron chi connectivity index (χ4n) is 4.66. The highest BCUT2D eigenvalue weighted by molar-refractivity contribution is 9.10. The fourth-order valence-corrected chi connectivity index (χ4v) is 6.16. The molecule has 2 aromatic carbocycles. The normalized spacial score (nSPS) is 12.3. The molecule has 4 heteroatoms. The second-order valence-electron chi connectivity index (χ2n) is 9.44. The van der Waals surface area contributed by atoms with Crippen LogP contribution in [0.5, 0.6) is 0 Å². The molecule has 0 radical (unpaired) electrons. The van der Waals surface area contributed by atoms with Crippen molar-refractivity contribution < 1.29 is 9.18 Å². The number of unbranched alkanes of at least 4 members (excludes halogenated alkanes) is 11. The lowest BCUT2D eigenvalue weighted by molar-refractivity contribution is 0.0957. The van der Waals surface area contributed by atoms with Gasteiger partial charge in [0.1, 0.15) is 5.82 Å². The number of carbonyl (C=O) groups excluding carboxylic acids is 1. The lowest BCUT2D eigenvalue weighted by Crippen LogP contribution is -2.12. The topological polar surface area (TPSA) is 17.1 Å². The van der Waals surface area contributed by atoms with Crippen LogP contribution in [0.2, 0.25) is 0 Å². The first-order chi connectivity index (χ1) is 16.6. The summed E-state index contributed by atoms with van der Waals surface area (Å²) in [4.78, 5) is 14.3. The van der Waals surface area contributed by atoms with Gasteiger partial charge in [0.2, 0.25) is 0 Å². The average Bonchev–Trinajstić information content (AvgIpc) is 3.25. The minimum atomic E-state index is -0.256. The zero-order valence-corrected chi connectivity index (χ0v) is 22.9. The molecule has 0 aliphatic heterocycles. The van der Waals surface area contributed by atoms with E-state index >= 15 is 0 Å². The Kier molecular flexibility index (Phi) is 11.8. The molecule has 1 aromatic heterocycles. The minimum Gasteiger partial charge on any atom is -0.293 e. The van der Waals surface area contributed by atoms with E-state index < -0.39 is 0 Å². The van der Waals surface area contributed by atoms with Crippen LogP contribution in [0, 0.1) is 5.82 Å². The molecule has 3 aromatic rings. The summed E-state index contributed by atoms with van der Waals surface area (Å²) >= 11 is 4.97. The molecule has 3 rings (SSSR count). The van der Waals surface area contributed by atoms with Gasteiger partial charge < -0.3 is 0 Å². The summed E-state index contributed by atoms with van der Waals surface area (Å²) < 4.78 is 15.5. The number of thiophene rings is 1. The van der Waals surface area contributed by atoms with E-state index in [0.29, 0.717) is 0 Å². The van der Waals surface area contributed by atoms with Crippen molar-refractivity contribution in [2.45, 2.75) is 96.3 Å². The smallest absolute Gasteiger partial charge is 0.180 e. The summed E-state index contributed by atoms with van der Waals surface area (Å²) in [6.07, 6.45) is 16.6. The van der Waals surface area contributed by atoms with Crippen molar-refractivity contribution >= 4 is 43.1 Å². The molecule has 0 amide bonds. The van der Waals surface area contributed by atoms with Crippen LogP contribution in [0.1, 0.15) is 112 Å². The van der Waals surface area contributed by atoms with E-state index in [9.17, 15) is 9.18 Å². The standard InChI is InChI=1S/C30H38BrFOS/c1-2-3-4-5-6-7-8-9-10-11-12-13-17-27(23-15-14-16-25(31)20-23)30(33)29-21-24-18-19-26(32)22-28(24)34-29/h14-16,18-22,27H,2-13,17H2,1H3. The number of hydrogen-bond acceptors (Lipinski definition) is 2. The maximum atomic E-state index is 13.6. The SMILES string of the molecule is CCCCCCCCCCCCCCC(C(=O)c1cc2ccc(F)cc2s1)c1cccc(Br)c1. The number of halogens is 2. The van der Waals surface area contributed by atoms with Crippen LogP contribution in [-0.2, 0) is 0 Å². The zero-order valence-electron chi connectivity index (χ0n) is 20.5. The number of rotatable bonds is 16. The monoisotopic (exact) mass is 544 g/mol. The molecular weight excluding hydrogens is 507 g/mol. The predicted octanol–water partition coefficient (Wildman–Crippen LogP) is 10.9. The molecule has 0 fully saturated rings. The van der Waals surface area contributed by atoms with Gasteiger partial charge in [0, 0.05) is 15.1 Å². The van der Waals surface area contributed by atoms with E-state index in [1.54, 1.807) is 6.07 Å². The highest BCUT2D eigenvalue weighted by Crippen LogP contribution is 2.34. The van der Waals surface area contributed by atoms with Crippen molar-refractivity contribution in [3.8, 4) is 0 Å². The van der Waals surface area contributed by atoms with Gasteiger partial charge in [-0.25, -0.2) is 4.39 Å². The molecular formula is C30H38BrFOS. The van der Waals surface area contributed by atoms with Gasteiger partial charge >= 0.3 is 0 Å². The summed E-state index contributed by atoms with van der Waals surface area (Å²) in [6.45, 7) is 2.27. The van der Waals surface area contributed by atoms with Crippen molar-refractivity contribution in [2.75, 3.05) is 0 Å². The fraction of sp³-hybridized carbons (Fsp3) is 0.500. The van der Waals surface area contributed by atoms with E-state index in [1.165, 1.54) is 94.1 Å². The van der Waals surface area contributed by atoms with Gasteiger partial charge in [0.15, 0.2) is 5.78 Å². The number of hydrogen-bond donors (Lipinski definition) is 0. The molecule has 0 spiro atoms. The molecule has 0 saturated heterocycles. The van der Waals surface area contributed by atoms with E-state index in [1.807, 2.05) is 18.2 Å². The second-order valence-corrected chi connectivity index (χ2v) is 11.4. The Hall–Kier alpha value is -1.52. The molecule has 34 heavy (non-hydrogen) atoms. The number of fused-ring (bicyclic) bond motifs is 1. The Labute approximate surface area is 217 Å². The van der Waals surface area contributed by atoms with Gasteiger partial charge in [-0.1, -0.05) is 118 Å². The maximum Gasteiger partial charge on any atom is 0.180 e. The first-order valence-electron chi connectivity index (χ1n) is 13.1. The Bertz CT molecular complexity index is 1030. The van der Waals surface area contributed by atoms with Crippen molar-refractivity contribution in [1.29, 1.82) is 0 Å². The number of benzene rings is 2. The Morgan fingerprint density at radius 2 is 1.50 bits per heavy atom. The molecule has 1 atom stereocenters. The Morgan fingerprint density at radius 1 is 0.853 bits per heavy atom. The van der Waals surface area contributed by atoms with Crippen LogP contribution in [0.15, 0.2) is 53.0 Å². The maximum absolute atomic E-state index is 13.6. The van der Waals surface area contributed by atoms with E-state index in [2.05, 4.69) is 35.0 Å². The Morgan fingerprint density at radius 3 is 2.15 bits per heavy atom. The highest BCUT2D eigenvalue weighted by atomic mass is 79.9. The first-order valence-corrected chi connectivity index (χ1v) is 14.7. The summed E-state index contributed by atoms with van der Waals surface area (Å²) in [6, 6.07) is 14.8. The molecule has 0 aliphatic carbocycles. The third-order valence-corrected chi connectivity index (χ3v) is 8.24. The van der Waals surface area contributed by atoms with Crippen LogP contribution in [-0.4, -0.2) is 5.78 Å². The van der Waals surface area contributed by atoms with Crippen LogP contribution >= 0.6 is 27.3 Å². The van der Waals surface area contributed by atoms with Gasteiger partial charge in [-0.2, -0.15) is 0 Å². The molecule has 0 bridgehead atoms. The molecule has 1 nitrogen and oxygen atoms in total. The molecule has 1 heterocycles. The molecule has 1 unspecified atom stereocenters. The van der Waals surface area contributed by atoms with Crippen LogP contribution in [0.4, 0.5) is 4.39 Å². The van der Waals surface area contributed by atoms with Gasteiger partial charge in [-0.05, 0) is 47.7 Å². The van der Waals surface area contributed by atoms with Gasteiger partial charge in [0.05, 0.1) is 4.88 Å². The van der Waals surface area contributed by atoms with E-state index in [4.69, 9.17) is 0 Å². The average molecular weight is 546 g/mol. The summed E-state index contributed by atoms with van der Waals surface area (Å²) in [7, 11) is 0. The first kappa shape index (κ1) is 27.1. The second kappa shape index (κ2) is 14.8. The number of Topliss-reactive ketones (excluding diaryl/α,β-unsaturated/α-hetero) is 1. The largest absolute Gasteiger partial charge is 0.293 e. The third kappa shape index (κ3) is 8.61. The molecule has 0 aliphatic rings. The van der Waals surface area contributed by atoms with Gasteiger partial charge in [-0.3, -0.25) is 4.79 Å². The Balaban J connectivity index is 1.49. The van der Waals surface area contributed by atoms with Crippen LogP contribution < -0.4 is 0 Å². The summed E-state index contributed by atoms with van der Waals surface area (Å²) in [5.74, 6) is -0.255. The summed E-state index contributed by atoms with van der Waals surface area (Å²) in [5.41, 5.74) is 1.06. The van der Waals surface area contributed by atoms with Crippen LogP contribution in [0.25, 0.3) is 10.1 Å². The lowest BCUT2D eigenvalue weighted by Gasteiger charge is -2.16. The molecule has 184 valence electrons. The van der Waals surface area contributed by atoms with Crippen molar-refractivity contribution in [3.05, 3.63) is 69.3 Å². The van der Waals surface area contributed by atoms with Crippen molar-refractivity contribution in [3.63, 3.8) is 0 Å². The van der Waals surface area contributed by atoms with Crippen molar-refractivity contribution in [1.82, 2.24) is 0 Å². The molecule has 0 N–H and O–H groups in total. The van der Waals surface area contributed by atoms with Gasteiger partial charge in [0.25, 0.3) is 0 Å². The minimum absolute atomic E-state index is 0.154. The lowest BCUT2D eigenvalue weighted by atomic mass is 9.88. The van der Waals surface area contributed by atoms with Crippen LogP contribution in [0.3, 0.4) is 0 Å². The quantitative estimate of drug-likeness (QED) is 0.129.